The van der Waals surface area contributed by atoms with Crippen molar-refractivity contribution in [1.29, 1.82) is 0 Å². The number of aromatic nitrogens is 1. The maximum atomic E-state index is 13.3. The molecule has 0 bridgehead atoms. The number of rotatable bonds is 8. The molecule has 2 aromatic carbocycles. The number of nitrogens with zero attached hydrogens (tertiary/aromatic N) is 2. The van der Waals surface area contributed by atoms with Crippen molar-refractivity contribution in [2.75, 3.05) is 18.4 Å². The van der Waals surface area contributed by atoms with Crippen LogP contribution in [0.15, 0.2) is 65.2 Å². The summed E-state index contributed by atoms with van der Waals surface area (Å²) in [5.41, 5.74) is 8.08. The van der Waals surface area contributed by atoms with Gasteiger partial charge >= 0.3 is 0 Å². The van der Waals surface area contributed by atoms with E-state index in [0.29, 0.717) is 43.1 Å². The fraction of sp³-hybridized carbons (Fsp3) is 0.379. The van der Waals surface area contributed by atoms with Crippen molar-refractivity contribution in [2.24, 2.45) is 11.7 Å². The lowest BCUT2D eigenvalue weighted by Crippen LogP contribution is -2.47. The first kappa shape index (κ1) is 25.7. The molecule has 1 saturated heterocycles. The topological polar surface area (TPSA) is 131 Å². The maximum Gasteiger partial charge on any atom is 0.273 e. The Balaban J connectivity index is 1.36. The van der Waals surface area contributed by atoms with Crippen molar-refractivity contribution < 1.29 is 18.9 Å². The molecule has 2 aliphatic rings. The first-order chi connectivity index (χ1) is 18.4. The summed E-state index contributed by atoms with van der Waals surface area (Å²) in [5, 5.41) is 10.1. The third kappa shape index (κ3) is 5.94. The number of nitrogens with one attached hydrogen (secondary N) is 2. The average molecular weight is 516 g/mol. The summed E-state index contributed by atoms with van der Waals surface area (Å²) in [7, 11) is 0. The zero-order valence-corrected chi connectivity index (χ0v) is 21.4. The second kappa shape index (κ2) is 11.2. The number of carbonyl (C=O) groups excluding carboxylic acids is 3. The van der Waals surface area contributed by atoms with E-state index in [1.807, 2.05) is 48.5 Å². The first-order valence-electron chi connectivity index (χ1n) is 13.2. The summed E-state index contributed by atoms with van der Waals surface area (Å²) in [5.74, 6) is 0.530. The number of nitrogens with two attached hydrogens (primary N) is 1. The minimum atomic E-state index is -0.547. The average Bonchev–Trinajstić information content (AvgIpc) is 3.67. The Morgan fingerprint density at radius 1 is 0.974 bits per heavy atom. The Bertz CT molecular complexity index is 1290. The van der Waals surface area contributed by atoms with Crippen molar-refractivity contribution in [3.05, 3.63) is 83.2 Å². The van der Waals surface area contributed by atoms with Crippen molar-refractivity contribution in [2.45, 2.75) is 50.6 Å². The van der Waals surface area contributed by atoms with Gasteiger partial charge in [0.2, 0.25) is 5.91 Å². The Kier molecular flexibility index (Phi) is 7.55. The van der Waals surface area contributed by atoms with E-state index >= 15 is 0 Å². The number of benzene rings is 2. The molecule has 2 heterocycles. The van der Waals surface area contributed by atoms with Gasteiger partial charge in [0, 0.05) is 36.3 Å². The Morgan fingerprint density at radius 3 is 2.39 bits per heavy atom. The van der Waals surface area contributed by atoms with Crippen LogP contribution in [-0.2, 0) is 4.79 Å². The molecule has 198 valence electrons. The maximum absolute atomic E-state index is 13.3. The summed E-state index contributed by atoms with van der Waals surface area (Å²) >= 11 is 0. The molecule has 2 fully saturated rings. The van der Waals surface area contributed by atoms with Gasteiger partial charge < -0.3 is 25.8 Å². The van der Waals surface area contributed by atoms with Crippen LogP contribution in [0.1, 0.15) is 76.7 Å². The Hall–Kier alpha value is -3.98. The van der Waals surface area contributed by atoms with Gasteiger partial charge in [-0.1, -0.05) is 35.5 Å². The second-order valence-corrected chi connectivity index (χ2v) is 10.2. The van der Waals surface area contributed by atoms with Crippen LogP contribution in [0.4, 0.5) is 5.69 Å². The van der Waals surface area contributed by atoms with E-state index in [1.54, 1.807) is 24.0 Å². The van der Waals surface area contributed by atoms with E-state index in [1.165, 1.54) is 0 Å². The highest BCUT2D eigenvalue weighted by Gasteiger charge is 2.33. The van der Waals surface area contributed by atoms with E-state index in [0.717, 1.165) is 24.2 Å². The molecule has 5 rings (SSSR count). The van der Waals surface area contributed by atoms with Crippen molar-refractivity contribution in [3.63, 3.8) is 0 Å². The van der Waals surface area contributed by atoms with Crippen LogP contribution >= 0.6 is 0 Å². The van der Waals surface area contributed by atoms with E-state index in [2.05, 4.69) is 15.8 Å². The predicted molar refractivity (Wildman–Crippen MR) is 142 cm³/mol. The highest BCUT2D eigenvalue weighted by atomic mass is 16.5. The van der Waals surface area contributed by atoms with Crippen LogP contribution in [0.25, 0.3) is 0 Å². The van der Waals surface area contributed by atoms with Gasteiger partial charge in [-0.2, -0.15) is 0 Å². The van der Waals surface area contributed by atoms with Gasteiger partial charge in [0.05, 0.1) is 12.1 Å². The second-order valence-electron chi connectivity index (χ2n) is 10.2. The van der Waals surface area contributed by atoms with Gasteiger partial charge in [-0.3, -0.25) is 14.4 Å². The summed E-state index contributed by atoms with van der Waals surface area (Å²) in [6.45, 7) is 2.81. The highest BCUT2D eigenvalue weighted by Crippen LogP contribution is 2.40. The molecule has 0 spiro atoms. The third-order valence-electron chi connectivity index (χ3n) is 7.28. The number of likely N-dealkylation sites (tertiary alicyclic amines) is 1. The molecule has 9 heteroatoms. The van der Waals surface area contributed by atoms with Crippen molar-refractivity contribution in [3.8, 4) is 0 Å². The number of amides is 3. The van der Waals surface area contributed by atoms with Crippen LogP contribution in [0.2, 0.25) is 0 Å². The minimum Gasteiger partial charge on any atom is -0.360 e. The number of hydrogen-bond donors (Lipinski definition) is 3. The number of para-hydroxylation sites is 1. The van der Waals surface area contributed by atoms with E-state index in [9.17, 15) is 14.4 Å². The molecule has 0 radical (unpaired) electrons. The van der Waals surface area contributed by atoms with Crippen LogP contribution in [-0.4, -0.2) is 46.9 Å². The monoisotopic (exact) mass is 515 g/mol. The normalized spacial score (nSPS) is 17.5. The van der Waals surface area contributed by atoms with Gasteiger partial charge in [0.25, 0.3) is 11.8 Å². The molecule has 1 aromatic heterocycles. The van der Waals surface area contributed by atoms with Gasteiger partial charge in [0.15, 0.2) is 5.69 Å². The van der Waals surface area contributed by atoms with E-state index in [4.69, 9.17) is 10.3 Å². The Labute approximate surface area is 221 Å². The SMILES string of the molecule is C[C@H](N)C(=O)N1CCC(C(NC(=O)c2cc(C3CC3)on2)c2cccc(C(=O)Nc3ccccc3)c2)CC1. The zero-order valence-electron chi connectivity index (χ0n) is 21.4. The fourth-order valence-corrected chi connectivity index (χ4v) is 4.98. The number of hydrogen-bond acceptors (Lipinski definition) is 6. The fourth-order valence-electron chi connectivity index (χ4n) is 4.98. The largest absolute Gasteiger partial charge is 0.360 e. The minimum absolute atomic E-state index is 0.0540. The molecule has 4 N–H and O–H groups in total. The molecule has 1 unspecified atom stereocenters. The first-order valence-corrected chi connectivity index (χ1v) is 13.2. The van der Waals surface area contributed by atoms with Gasteiger partial charge in [-0.25, -0.2) is 0 Å². The molecule has 1 aliphatic carbocycles. The lowest BCUT2D eigenvalue weighted by atomic mass is 9.84. The molecule has 1 saturated carbocycles. The van der Waals surface area contributed by atoms with Crippen LogP contribution < -0.4 is 16.4 Å². The van der Waals surface area contributed by atoms with Crippen LogP contribution in [0.3, 0.4) is 0 Å². The molecule has 2 atom stereocenters. The number of carbonyl (C=O) groups is 3. The Morgan fingerprint density at radius 2 is 1.71 bits per heavy atom. The predicted octanol–water partition coefficient (Wildman–Crippen LogP) is 3.86. The van der Waals surface area contributed by atoms with Crippen molar-refractivity contribution in [1.82, 2.24) is 15.4 Å². The standard InChI is InChI=1S/C29H33N5O4/c1-18(30)29(37)34-14-12-20(13-15-34)26(32-28(36)24-17-25(38-33-24)19-10-11-19)21-6-5-7-22(16-21)27(35)31-23-8-3-2-4-9-23/h2-9,16-20,26H,10-15,30H2,1H3,(H,31,35)(H,32,36)/t18-,26?/m0/s1. The van der Waals surface area contributed by atoms with Gasteiger partial charge in [-0.15, -0.1) is 0 Å². The van der Waals surface area contributed by atoms with Crippen LogP contribution in [0.5, 0.6) is 0 Å². The van der Waals surface area contributed by atoms with E-state index in [-0.39, 0.29) is 35.4 Å². The molecular formula is C29H33N5O4. The number of piperidine rings is 1. The molecule has 38 heavy (non-hydrogen) atoms. The summed E-state index contributed by atoms with van der Waals surface area (Å²) in [6, 6.07) is 17.4. The zero-order chi connectivity index (χ0) is 26.6. The third-order valence-corrected chi connectivity index (χ3v) is 7.28. The van der Waals surface area contributed by atoms with E-state index < -0.39 is 6.04 Å². The number of anilines is 1. The highest BCUT2D eigenvalue weighted by molar-refractivity contribution is 6.04. The lowest BCUT2D eigenvalue weighted by molar-refractivity contribution is -0.133. The lowest BCUT2D eigenvalue weighted by Gasteiger charge is -2.37. The van der Waals surface area contributed by atoms with Gasteiger partial charge in [0.1, 0.15) is 5.76 Å². The van der Waals surface area contributed by atoms with Crippen LogP contribution in [0, 0.1) is 5.92 Å². The molecule has 3 aromatic rings. The van der Waals surface area contributed by atoms with Gasteiger partial charge in [-0.05, 0) is 68.4 Å². The smallest absolute Gasteiger partial charge is 0.273 e. The summed E-state index contributed by atoms with van der Waals surface area (Å²) in [4.78, 5) is 40.4. The summed E-state index contributed by atoms with van der Waals surface area (Å²) < 4.78 is 5.39. The molecular weight excluding hydrogens is 482 g/mol. The van der Waals surface area contributed by atoms with Crippen molar-refractivity contribution >= 4 is 23.4 Å². The molecule has 9 nitrogen and oxygen atoms in total. The summed E-state index contributed by atoms with van der Waals surface area (Å²) in [6.07, 6.45) is 3.48. The molecule has 3 amide bonds. The molecule has 1 aliphatic heterocycles. The quantitative estimate of drug-likeness (QED) is 0.418.